The molecule has 0 radical (unpaired) electrons. The molecular formula is C26H45NO3. The molecule has 172 valence electrons. The third-order valence-corrected chi connectivity index (χ3v) is 5.46. The van der Waals surface area contributed by atoms with Crippen LogP contribution in [0.2, 0.25) is 0 Å². The Kier molecular flexibility index (Phi) is 11.6. The Bertz CT molecular complexity index is 677. The molecule has 0 amide bonds. The lowest BCUT2D eigenvalue weighted by atomic mass is 9.74. The number of hydrogen-bond donors (Lipinski definition) is 1. The van der Waals surface area contributed by atoms with Gasteiger partial charge < -0.3 is 10.5 Å². The van der Waals surface area contributed by atoms with Crippen molar-refractivity contribution in [1.29, 1.82) is 0 Å². The van der Waals surface area contributed by atoms with Gasteiger partial charge in [-0.25, -0.2) is 0 Å². The summed E-state index contributed by atoms with van der Waals surface area (Å²) in [6.45, 7) is 20.3. The Labute approximate surface area is 185 Å². The van der Waals surface area contributed by atoms with Crippen LogP contribution in [0.1, 0.15) is 99.1 Å². The van der Waals surface area contributed by atoms with E-state index in [4.69, 9.17) is 10.5 Å². The third-order valence-electron chi connectivity index (χ3n) is 5.46. The Hall–Kier alpha value is -1.68. The minimum absolute atomic E-state index is 0.0330. The molecule has 2 N–H and O–H groups in total. The van der Waals surface area contributed by atoms with Gasteiger partial charge in [0.15, 0.2) is 0 Å². The summed E-state index contributed by atoms with van der Waals surface area (Å²) in [7, 11) is 0. The second-order valence-corrected chi connectivity index (χ2v) is 9.71. The van der Waals surface area contributed by atoms with Gasteiger partial charge in [-0.05, 0) is 49.1 Å². The fraction of sp³-hybridized carbons (Fsp3) is 0.692. The Balaban J connectivity index is 0.00000407. The summed E-state index contributed by atoms with van der Waals surface area (Å²) in [5.41, 5.74) is 7.15. The first-order valence-electron chi connectivity index (χ1n) is 11.3. The van der Waals surface area contributed by atoms with E-state index in [2.05, 4.69) is 45.0 Å². The quantitative estimate of drug-likeness (QED) is 0.471. The van der Waals surface area contributed by atoms with Crippen LogP contribution < -0.4 is 5.73 Å². The lowest BCUT2D eigenvalue weighted by molar-refractivity contribution is -0.155. The first-order valence-corrected chi connectivity index (χ1v) is 11.3. The molecule has 0 spiro atoms. The smallest absolute Gasteiger partial charge is 0.320 e. The van der Waals surface area contributed by atoms with Crippen molar-refractivity contribution in [3.05, 3.63) is 35.4 Å². The number of rotatable bonds is 10. The molecule has 1 rings (SSSR count). The third kappa shape index (κ3) is 8.99. The van der Waals surface area contributed by atoms with Gasteiger partial charge in [0, 0.05) is 11.8 Å². The monoisotopic (exact) mass is 419 g/mol. The van der Waals surface area contributed by atoms with Crippen molar-refractivity contribution in [1.82, 2.24) is 0 Å². The zero-order valence-electron chi connectivity index (χ0n) is 21.0. The van der Waals surface area contributed by atoms with Crippen molar-refractivity contribution >= 4 is 11.8 Å². The van der Waals surface area contributed by atoms with Gasteiger partial charge in [-0.1, -0.05) is 79.7 Å². The molecule has 0 aliphatic rings. The van der Waals surface area contributed by atoms with Crippen LogP contribution in [0.3, 0.4) is 0 Å². The molecule has 0 aliphatic heterocycles. The van der Waals surface area contributed by atoms with E-state index in [-0.39, 0.29) is 35.7 Å². The largest absolute Gasteiger partial charge is 0.459 e. The maximum atomic E-state index is 12.3. The summed E-state index contributed by atoms with van der Waals surface area (Å²) in [6, 6.07) is 8.57. The van der Waals surface area contributed by atoms with E-state index in [0.29, 0.717) is 12.2 Å². The molecule has 4 heteroatoms. The van der Waals surface area contributed by atoms with Crippen molar-refractivity contribution in [2.75, 3.05) is 6.54 Å². The fourth-order valence-corrected chi connectivity index (χ4v) is 4.07. The number of ether oxygens (including phenoxy) is 1. The average Bonchev–Trinajstić information content (AvgIpc) is 2.67. The van der Waals surface area contributed by atoms with Crippen LogP contribution >= 0.6 is 0 Å². The molecular weight excluding hydrogens is 374 g/mol. The van der Waals surface area contributed by atoms with Crippen molar-refractivity contribution in [2.24, 2.45) is 17.6 Å². The SMILES string of the molecule is CC.CC(C)C(=O)C(C)CC(C)(C)c1cccc(C(C)CC(C)(C)OC(=O)CN)c1. The first-order chi connectivity index (χ1) is 13.8. The van der Waals surface area contributed by atoms with Gasteiger partial charge in [-0.2, -0.15) is 0 Å². The topological polar surface area (TPSA) is 69.4 Å². The Morgan fingerprint density at radius 2 is 1.57 bits per heavy atom. The second-order valence-electron chi connectivity index (χ2n) is 9.71. The predicted molar refractivity (Wildman–Crippen MR) is 127 cm³/mol. The number of carbonyl (C=O) groups is 2. The van der Waals surface area contributed by atoms with Gasteiger partial charge in [0.05, 0.1) is 6.54 Å². The molecule has 2 unspecified atom stereocenters. The summed E-state index contributed by atoms with van der Waals surface area (Å²) >= 11 is 0. The second kappa shape index (κ2) is 12.2. The van der Waals surface area contributed by atoms with Crippen LogP contribution in [0.25, 0.3) is 0 Å². The maximum absolute atomic E-state index is 12.3. The fourth-order valence-electron chi connectivity index (χ4n) is 4.07. The van der Waals surface area contributed by atoms with Gasteiger partial charge in [0.1, 0.15) is 11.4 Å². The zero-order valence-corrected chi connectivity index (χ0v) is 21.0. The van der Waals surface area contributed by atoms with Gasteiger partial charge >= 0.3 is 5.97 Å². The van der Waals surface area contributed by atoms with Crippen molar-refractivity contribution in [3.8, 4) is 0 Å². The molecule has 0 heterocycles. The van der Waals surface area contributed by atoms with Gasteiger partial charge in [-0.15, -0.1) is 0 Å². The summed E-state index contributed by atoms with van der Waals surface area (Å²) in [6.07, 6.45) is 1.53. The van der Waals surface area contributed by atoms with E-state index >= 15 is 0 Å². The van der Waals surface area contributed by atoms with E-state index in [1.165, 1.54) is 11.1 Å². The molecule has 0 saturated heterocycles. The summed E-state index contributed by atoms with van der Waals surface area (Å²) in [5.74, 6) is 0.268. The van der Waals surface area contributed by atoms with Crippen LogP contribution in [0.5, 0.6) is 0 Å². The first kappa shape index (κ1) is 28.3. The average molecular weight is 420 g/mol. The molecule has 30 heavy (non-hydrogen) atoms. The summed E-state index contributed by atoms with van der Waals surface area (Å²) in [5, 5.41) is 0. The minimum atomic E-state index is -0.570. The van der Waals surface area contributed by atoms with E-state index in [1.807, 2.05) is 48.5 Å². The van der Waals surface area contributed by atoms with Crippen molar-refractivity contribution < 1.29 is 14.3 Å². The van der Waals surface area contributed by atoms with Crippen LogP contribution in [-0.4, -0.2) is 23.9 Å². The molecule has 0 fully saturated rings. The molecule has 2 atom stereocenters. The molecule has 1 aromatic carbocycles. The predicted octanol–water partition coefficient (Wildman–Crippen LogP) is 6.02. The number of esters is 1. The molecule has 4 nitrogen and oxygen atoms in total. The van der Waals surface area contributed by atoms with Crippen molar-refractivity contribution in [3.63, 3.8) is 0 Å². The van der Waals surface area contributed by atoms with Crippen LogP contribution in [0, 0.1) is 11.8 Å². The standard InChI is InChI=1S/C24H39NO3.C2H6/c1-16(2)22(27)18(4)13-23(5,6)20-11-9-10-19(12-20)17(3)14-24(7,8)28-21(26)15-25;1-2/h9-12,16-18H,13-15,25H2,1-8H3;1-2H3. The summed E-state index contributed by atoms with van der Waals surface area (Å²) < 4.78 is 5.48. The highest BCUT2D eigenvalue weighted by atomic mass is 16.6. The number of hydrogen-bond acceptors (Lipinski definition) is 4. The highest BCUT2D eigenvalue weighted by Gasteiger charge is 2.29. The Morgan fingerprint density at radius 3 is 2.07 bits per heavy atom. The zero-order chi connectivity index (χ0) is 23.7. The van der Waals surface area contributed by atoms with Crippen LogP contribution in [-0.2, 0) is 19.7 Å². The number of nitrogens with two attached hydrogens (primary N) is 1. The van der Waals surface area contributed by atoms with Crippen LogP contribution in [0.15, 0.2) is 24.3 Å². The maximum Gasteiger partial charge on any atom is 0.320 e. The van der Waals surface area contributed by atoms with E-state index in [9.17, 15) is 9.59 Å². The van der Waals surface area contributed by atoms with Crippen molar-refractivity contribution in [2.45, 2.75) is 99.0 Å². The molecule has 0 aromatic heterocycles. The molecule has 0 bridgehead atoms. The molecule has 0 saturated carbocycles. The summed E-state index contributed by atoms with van der Waals surface area (Å²) in [4.78, 5) is 23.9. The Morgan fingerprint density at radius 1 is 1.00 bits per heavy atom. The number of Topliss-reactive ketones (excluding diaryl/α,β-unsaturated/α-hetero) is 1. The number of ketones is 1. The lowest BCUT2D eigenvalue weighted by Crippen LogP contribution is -2.32. The van der Waals surface area contributed by atoms with Gasteiger partial charge in [-0.3, -0.25) is 9.59 Å². The van der Waals surface area contributed by atoms with E-state index < -0.39 is 5.60 Å². The highest BCUT2D eigenvalue weighted by Crippen LogP contribution is 2.35. The van der Waals surface area contributed by atoms with Gasteiger partial charge in [0.2, 0.25) is 0 Å². The van der Waals surface area contributed by atoms with E-state index in [1.54, 1.807) is 0 Å². The van der Waals surface area contributed by atoms with Gasteiger partial charge in [0.25, 0.3) is 0 Å². The van der Waals surface area contributed by atoms with Crippen LogP contribution in [0.4, 0.5) is 0 Å². The van der Waals surface area contributed by atoms with E-state index in [0.717, 1.165) is 6.42 Å². The molecule has 1 aromatic rings. The highest BCUT2D eigenvalue weighted by molar-refractivity contribution is 5.82. The molecule has 0 aliphatic carbocycles. The minimum Gasteiger partial charge on any atom is -0.459 e. The normalized spacial score (nSPS) is 13.9. The lowest BCUT2D eigenvalue weighted by Gasteiger charge is -2.31. The number of benzene rings is 1. The number of carbonyl (C=O) groups excluding carboxylic acids is 2.